The number of aromatic amines is 1. The molecule has 0 aliphatic rings. The molecule has 0 fully saturated rings. The molecule has 5 rings (SSSR count). The van der Waals surface area contributed by atoms with E-state index in [1.54, 1.807) is 54.7 Å². The molecule has 172 valence electrons. The van der Waals surface area contributed by atoms with E-state index in [0.29, 0.717) is 39.2 Å². The van der Waals surface area contributed by atoms with Gasteiger partial charge in [-0.15, -0.1) is 0 Å². The number of fused-ring (bicyclic) bond motifs is 3. The Morgan fingerprint density at radius 3 is 2.46 bits per heavy atom. The Morgan fingerprint density at radius 2 is 1.80 bits per heavy atom. The van der Waals surface area contributed by atoms with Crippen molar-refractivity contribution in [1.29, 1.82) is 5.26 Å². The van der Waals surface area contributed by atoms with Gasteiger partial charge < -0.3 is 5.11 Å². The maximum atomic E-state index is 13.0. The zero-order valence-corrected chi connectivity index (χ0v) is 19.0. The fourth-order valence-electron chi connectivity index (χ4n) is 3.94. The van der Waals surface area contributed by atoms with Crippen LogP contribution in [0.3, 0.4) is 0 Å². The second-order valence-electron chi connectivity index (χ2n) is 8.66. The van der Waals surface area contributed by atoms with Crippen molar-refractivity contribution in [3.63, 3.8) is 0 Å². The van der Waals surface area contributed by atoms with E-state index in [-0.39, 0.29) is 12.0 Å². The second-order valence-corrected chi connectivity index (χ2v) is 8.66. The highest BCUT2D eigenvalue weighted by molar-refractivity contribution is 6.01. The van der Waals surface area contributed by atoms with E-state index in [1.165, 1.54) is 10.8 Å². The van der Waals surface area contributed by atoms with Gasteiger partial charge in [0.1, 0.15) is 5.52 Å². The highest BCUT2D eigenvalue weighted by Crippen LogP contribution is 2.27. The monoisotopic (exact) mass is 464 g/mol. The van der Waals surface area contributed by atoms with Crippen LogP contribution in [0, 0.1) is 11.3 Å². The molecule has 2 N–H and O–H groups in total. The highest BCUT2D eigenvalue weighted by atomic mass is 16.3. The topological polar surface area (TPSA) is 138 Å². The van der Waals surface area contributed by atoms with Gasteiger partial charge in [-0.05, 0) is 55.8 Å². The van der Waals surface area contributed by atoms with Crippen LogP contribution in [0.1, 0.15) is 25.1 Å². The molecule has 9 nitrogen and oxygen atoms in total. The first-order chi connectivity index (χ1) is 16.8. The van der Waals surface area contributed by atoms with Crippen LogP contribution in [0.5, 0.6) is 0 Å². The number of nitrogens with zero attached hydrogens (tertiary/aromatic N) is 5. The molecule has 1 aromatic carbocycles. The van der Waals surface area contributed by atoms with Crippen LogP contribution >= 0.6 is 0 Å². The number of benzene rings is 1. The van der Waals surface area contributed by atoms with Gasteiger partial charge in [-0.3, -0.25) is 24.3 Å². The third kappa shape index (κ3) is 3.76. The molecule has 0 saturated heterocycles. The lowest BCUT2D eigenvalue weighted by Crippen LogP contribution is -2.29. The molecule has 0 atom stereocenters. The Labute approximate surface area is 199 Å². The molecule has 9 heteroatoms. The molecule has 35 heavy (non-hydrogen) atoms. The van der Waals surface area contributed by atoms with Crippen molar-refractivity contribution in [3.05, 3.63) is 93.0 Å². The Balaban J connectivity index is 1.79. The summed E-state index contributed by atoms with van der Waals surface area (Å²) in [4.78, 5) is 41.4. The first kappa shape index (κ1) is 22.1. The summed E-state index contributed by atoms with van der Waals surface area (Å²) in [7, 11) is 0. The summed E-state index contributed by atoms with van der Waals surface area (Å²) in [5.74, 6) is 0. The van der Waals surface area contributed by atoms with Crippen molar-refractivity contribution in [2.75, 3.05) is 0 Å². The summed E-state index contributed by atoms with van der Waals surface area (Å²) >= 11 is 0. The first-order valence-corrected chi connectivity index (χ1v) is 10.9. The first-order valence-electron chi connectivity index (χ1n) is 10.9. The zero-order chi connectivity index (χ0) is 24.7. The molecule has 0 amide bonds. The minimum absolute atomic E-state index is 0.167. The average Bonchev–Trinajstić information content (AvgIpc) is 2.88. The van der Waals surface area contributed by atoms with Crippen LogP contribution in [0.2, 0.25) is 0 Å². The van der Waals surface area contributed by atoms with Gasteiger partial charge in [0.25, 0.3) is 5.56 Å². The van der Waals surface area contributed by atoms with E-state index in [4.69, 9.17) is 4.98 Å². The SMILES string of the molecule is CC(C)(C#N)c1ccc(-n2c(=O)[nH]c(=O)c3cnc4ccc(-c5ccc(CO)nc5)nc4c32)cc1. The summed E-state index contributed by atoms with van der Waals surface area (Å²) in [5, 5.41) is 18.9. The average molecular weight is 464 g/mol. The van der Waals surface area contributed by atoms with Crippen LogP contribution in [0.25, 0.3) is 38.9 Å². The Bertz CT molecular complexity index is 1740. The number of aliphatic hydroxyl groups excluding tert-OH is 1. The third-order valence-corrected chi connectivity index (χ3v) is 5.99. The summed E-state index contributed by atoms with van der Waals surface area (Å²) in [5.41, 5.74) is 2.52. The van der Waals surface area contributed by atoms with E-state index >= 15 is 0 Å². The lowest BCUT2D eigenvalue weighted by Gasteiger charge is -2.17. The minimum atomic E-state index is -0.691. The lowest BCUT2D eigenvalue weighted by atomic mass is 9.86. The molecular weight excluding hydrogens is 444 g/mol. The highest BCUT2D eigenvalue weighted by Gasteiger charge is 2.20. The number of aliphatic hydroxyl groups is 1. The second kappa shape index (κ2) is 8.27. The summed E-state index contributed by atoms with van der Waals surface area (Å²) in [6.07, 6.45) is 3.03. The zero-order valence-electron chi connectivity index (χ0n) is 19.0. The maximum absolute atomic E-state index is 13.0. The smallest absolute Gasteiger partial charge is 0.333 e. The van der Waals surface area contributed by atoms with Gasteiger partial charge in [0.05, 0.1) is 51.6 Å². The number of nitriles is 1. The summed E-state index contributed by atoms with van der Waals surface area (Å²) in [6, 6.07) is 16.4. The Kier molecular flexibility index (Phi) is 5.23. The molecule has 4 aromatic heterocycles. The number of rotatable bonds is 4. The van der Waals surface area contributed by atoms with Gasteiger partial charge in [-0.25, -0.2) is 9.78 Å². The molecule has 0 aliphatic carbocycles. The van der Waals surface area contributed by atoms with Crippen molar-refractivity contribution < 1.29 is 5.11 Å². The molecule has 0 aliphatic heterocycles. The summed E-state index contributed by atoms with van der Waals surface area (Å²) in [6.45, 7) is 3.46. The van der Waals surface area contributed by atoms with E-state index in [9.17, 15) is 20.0 Å². The molecule has 0 radical (unpaired) electrons. The van der Waals surface area contributed by atoms with E-state index in [0.717, 1.165) is 5.56 Å². The van der Waals surface area contributed by atoms with Gasteiger partial charge in [0.15, 0.2) is 0 Å². The van der Waals surface area contributed by atoms with Crippen LogP contribution in [0.4, 0.5) is 0 Å². The molecule has 0 unspecified atom stereocenters. The van der Waals surface area contributed by atoms with Crippen molar-refractivity contribution in [3.8, 4) is 23.0 Å². The maximum Gasteiger partial charge on any atom is 0.333 e. The number of hydrogen-bond acceptors (Lipinski definition) is 7. The third-order valence-electron chi connectivity index (χ3n) is 5.99. The largest absolute Gasteiger partial charge is 0.390 e. The Morgan fingerprint density at radius 1 is 1.03 bits per heavy atom. The molecule has 0 saturated carbocycles. The van der Waals surface area contributed by atoms with Gasteiger partial charge in [-0.1, -0.05) is 12.1 Å². The normalized spacial score (nSPS) is 11.6. The fraction of sp³-hybridized carbons (Fsp3) is 0.154. The van der Waals surface area contributed by atoms with Crippen molar-refractivity contribution in [1.82, 2.24) is 24.5 Å². The van der Waals surface area contributed by atoms with Crippen molar-refractivity contribution in [2.45, 2.75) is 25.9 Å². The van der Waals surface area contributed by atoms with Crippen LogP contribution in [0.15, 0.2) is 70.5 Å². The number of H-pyrrole nitrogens is 1. The van der Waals surface area contributed by atoms with E-state index < -0.39 is 16.7 Å². The predicted molar refractivity (Wildman–Crippen MR) is 131 cm³/mol. The predicted octanol–water partition coefficient (Wildman–Crippen LogP) is 2.98. The standard InChI is InChI=1S/C26H20N6O3/c1-26(2,14-27)16-4-7-18(8-5-16)32-23-19(24(34)31-25(32)35)12-29-21-10-9-20(30-22(21)23)15-3-6-17(13-33)28-11-15/h3-12,33H,13H2,1-2H3,(H,31,34,35). The van der Waals surface area contributed by atoms with Gasteiger partial charge in [0.2, 0.25) is 0 Å². The fourth-order valence-corrected chi connectivity index (χ4v) is 3.94. The molecular formula is C26H20N6O3. The van der Waals surface area contributed by atoms with Crippen molar-refractivity contribution >= 4 is 21.9 Å². The van der Waals surface area contributed by atoms with Crippen LogP contribution in [-0.4, -0.2) is 29.6 Å². The van der Waals surface area contributed by atoms with Gasteiger partial charge >= 0.3 is 5.69 Å². The quantitative estimate of drug-likeness (QED) is 0.390. The van der Waals surface area contributed by atoms with E-state index in [2.05, 4.69) is 21.0 Å². The number of hydrogen-bond donors (Lipinski definition) is 2. The number of pyridine rings is 3. The number of aromatic nitrogens is 5. The molecule has 4 heterocycles. The molecule has 0 bridgehead atoms. The van der Waals surface area contributed by atoms with Gasteiger partial charge in [-0.2, -0.15) is 5.26 Å². The van der Waals surface area contributed by atoms with Crippen LogP contribution in [-0.2, 0) is 12.0 Å². The van der Waals surface area contributed by atoms with Crippen LogP contribution < -0.4 is 11.2 Å². The Hall–Kier alpha value is -4.68. The van der Waals surface area contributed by atoms with Gasteiger partial charge in [0, 0.05) is 18.0 Å². The molecule has 5 aromatic rings. The molecule has 0 spiro atoms. The number of nitrogens with one attached hydrogen (secondary N) is 1. The summed E-state index contributed by atoms with van der Waals surface area (Å²) < 4.78 is 1.40. The van der Waals surface area contributed by atoms with Crippen molar-refractivity contribution in [2.24, 2.45) is 0 Å². The van der Waals surface area contributed by atoms with E-state index in [1.807, 2.05) is 13.8 Å². The minimum Gasteiger partial charge on any atom is -0.390 e. The lowest BCUT2D eigenvalue weighted by molar-refractivity contribution is 0.277.